The minimum absolute atomic E-state index is 0.00194. The fourth-order valence-corrected chi connectivity index (χ4v) is 10.6. The lowest BCUT2D eigenvalue weighted by Gasteiger charge is -2.44. The minimum atomic E-state index is -2.64. The summed E-state index contributed by atoms with van der Waals surface area (Å²) in [5.41, 5.74) is -0.537. The van der Waals surface area contributed by atoms with Gasteiger partial charge < -0.3 is 9.16 Å². The van der Waals surface area contributed by atoms with Crippen LogP contribution in [0.3, 0.4) is 0 Å². The lowest BCUT2D eigenvalue weighted by Crippen LogP contribution is -2.68. The van der Waals surface area contributed by atoms with Crippen LogP contribution in [0, 0.1) is 5.92 Å². The Morgan fingerprint density at radius 2 is 1.52 bits per heavy atom. The molecule has 2 aromatic carbocycles. The summed E-state index contributed by atoms with van der Waals surface area (Å²) in [7, 11) is -1.13. The van der Waals surface area contributed by atoms with Crippen LogP contribution >= 0.6 is 0 Å². The number of hydrogen-bond donors (Lipinski definition) is 0. The predicted molar refractivity (Wildman–Crippen MR) is 127 cm³/mol. The number of carbonyl (C=O) groups excluding carboxylic acids is 1. The van der Waals surface area contributed by atoms with E-state index in [0.717, 1.165) is 19.5 Å². The highest BCUT2D eigenvalue weighted by Crippen LogP contribution is 2.46. The first-order valence-corrected chi connectivity index (χ1v) is 13.3. The van der Waals surface area contributed by atoms with Crippen LogP contribution in [-0.2, 0) is 14.0 Å². The number of esters is 1. The molecule has 4 rings (SSSR count). The average molecular weight is 438 g/mol. The second-order valence-corrected chi connectivity index (χ2v) is 14.6. The molecule has 0 aromatic heterocycles. The van der Waals surface area contributed by atoms with Gasteiger partial charge in [0.05, 0.1) is 13.2 Å². The number of benzene rings is 2. The average Bonchev–Trinajstić information content (AvgIpc) is 3.24. The lowest BCUT2D eigenvalue weighted by atomic mass is 9.90. The zero-order valence-corrected chi connectivity index (χ0v) is 20.4. The van der Waals surface area contributed by atoms with E-state index in [2.05, 4.69) is 93.3 Å². The summed E-state index contributed by atoms with van der Waals surface area (Å²) >= 11 is 0. The molecule has 0 amide bonds. The summed E-state index contributed by atoms with van der Waals surface area (Å²) in [6.45, 7) is 10.8. The van der Waals surface area contributed by atoms with Crippen LogP contribution in [0.4, 0.5) is 0 Å². The summed E-state index contributed by atoms with van der Waals surface area (Å²) in [6.07, 6.45) is 1.55. The monoisotopic (exact) mass is 437 g/mol. The number of fused-ring (bicyclic) bond motifs is 1. The Balaban J connectivity index is 1.77. The van der Waals surface area contributed by atoms with E-state index in [0.29, 0.717) is 12.3 Å². The second kappa shape index (κ2) is 8.19. The van der Waals surface area contributed by atoms with Crippen molar-refractivity contribution in [2.24, 2.45) is 5.92 Å². The van der Waals surface area contributed by atoms with Gasteiger partial charge >= 0.3 is 5.97 Å². The maximum atomic E-state index is 12.9. The zero-order valence-electron chi connectivity index (χ0n) is 19.4. The molecular weight excluding hydrogens is 402 g/mol. The van der Waals surface area contributed by atoms with E-state index in [-0.39, 0.29) is 17.1 Å². The van der Waals surface area contributed by atoms with Gasteiger partial charge in [-0.25, -0.2) is 0 Å². The third kappa shape index (κ3) is 3.67. The molecule has 0 N–H and O–H groups in total. The zero-order chi connectivity index (χ0) is 22.3. The molecule has 0 spiro atoms. The topological polar surface area (TPSA) is 38.8 Å². The van der Waals surface area contributed by atoms with Gasteiger partial charge in [0.25, 0.3) is 8.32 Å². The van der Waals surface area contributed by atoms with Gasteiger partial charge in [-0.2, -0.15) is 0 Å². The summed E-state index contributed by atoms with van der Waals surface area (Å²) in [5.74, 6) is 0.387. The van der Waals surface area contributed by atoms with Crippen molar-refractivity contribution >= 4 is 24.7 Å². The highest BCUT2D eigenvalue weighted by molar-refractivity contribution is 6.99. The van der Waals surface area contributed by atoms with E-state index in [4.69, 9.17) is 9.16 Å². The molecule has 0 radical (unpaired) electrons. The predicted octanol–water partition coefficient (Wildman–Crippen LogP) is 3.59. The Morgan fingerprint density at radius 3 is 2.00 bits per heavy atom. The number of nitrogens with zero attached hydrogens (tertiary/aromatic N) is 1. The summed E-state index contributed by atoms with van der Waals surface area (Å²) in [6, 6.07) is 21.5. The van der Waals surface area contributed by atoms with Crippen LogP contribution in [0.25, 0.3) is 0 Å². The summed E-state index contributed by atoms with van der Waals surface area (Å²) in [4.78, 5) is 15.2. The molecule has 0 saturated carbocycles. The van der Waals surface area contributed by atoms with Crippen molar-refractivity contribution in [3.8, 4) is 0 Å². The van der Waals surface area contributed by atoms with Crippen molar-refractivity contribution in [1.29, 1.82) is 0 Å². The van der Waals surface area contributed by atoms with E-state index in [1.165, 1.54) is 17.5 Å². The van der Waals surface area contributed by atoms with Crippen LogP contribution < -0.4 is 10.4 Å². The Hall–Kier alpha value is -1.95. The first-order chi connectivity index (χ1) is 14.7. The largest absolute Gasteiger partial charge is 0.468 e. The molecular formula is C26H35NO3Si. The van der Waals surface area contributed by atoms with Crippen molar-refractivity contribution < 1.29 is 14.0 Å². The number of hydrogen-bond acceptors (Lipinski definition) is 4. The molecule has 0 unspecified atom stereocenters. The molecule has 2 aliphatic rings. The van der Waals surface area contributed by atoms with Crippen LogP contribution in [0.1, 0.15) is 40.5 Å². The van der Waals surface area contributed by atoms with E-state index in [9.17, 15) is 4.79 Å². The molecule has 0 bridgehead atoms. The molecule has 2 fully saturated rings. The van der Waals surface area contributed by atoms with E-state index in [1.807, 2.05) is 0 Å². The number of rotatable bonds is 5. The number of methoxy groups -OCH3 is 1. The van der Waals surface area contributed by atoms with E-state index >= 15 is 0 Å². The first kappa shape index (κ1) is 22.2. The summed E-state index contributed by atoms with van der Waals surface area (Å²) in [5, 5.41) is 2.48. The second-order valence-electron chi connectivity index (χ2n) is 10.3. The van der Waals surface area contributed by atoms with Crippen LogP contribution in [-0.4, -0.2) is 51.0 Å². The Labute approximate surface area is 187 Å². The van der Waals surface area contributed by atoms with Crippen molar-refractivity contribution in [2.45, 2.75) is 57.2 Å². The highest BCUT2D eigenvalue weighted by atomic mass is 28.4. The molecule has 4 nitrogen and oxygen atoms in total. The van der Waals surface area contributed by atoms with Crippen LogP contribution in [0.2, 0.25) is 5.04 Å². The Morgan fingerprint density at radius 1 is 0.968 bits per heavy atom. The van der Waals surface area contributed by atoms with Gasteiger partial charge in [-0.15, -0.1) is 0 Å². The van der Waals surface area contributed by atoms with Crippen molar-refractivity contribution in [3.63, 3.8) is 0 Å². The molecule has 3 atom stereocenters. The normalized spacial score (nSPS) is 26.6. The van der Waals surface area contributed by atoms with Gasteiger partial charge in [0, 0.05) is 19.5 Å². The summed E-state index contributed by atoms with van der Waals surface area (Å²) < 4.78 is 12.6. The fraction of sp³-hybridized carbons (Fsp3) is 0.500. The quantitative estimate of drug-likeness (QED) is 0.529. The maximum absolute atomic E-state index is 12.9. The third-order valence-electron chi connectivity index (χ3n) is 7.14. The van der Waals surface area contributed by atoms with Gasteiger partial charge in [-0.05, 0) is 27.8 Å². The maximum Gasteiger partial charge on any atom is 0.326 e. The van der Waals surface area contributed by atoms with Crippen molar-refractivity contribution in [1.82, 2.24) is 4.90 Å². The van der Waals surface area contributed by atoms with Gasteiger partial charge in [0.1, 0.15) is 5.54 Å². The molecule has 31 heavy (non-hydrogen) atoms. The molecule has 2 aromatic rings. The first-order valence-electron chi connectivity index (χ1n) is 11.4. The Kier molecular flexibility index (Phi) is 5.88. The molecule has 0 aliphatic carbocycles. The molecule has 166 valence electrons. The highest BCUT2D eigenvalue weighted by Gasteiger charge is 2.59. The van der Waals surface area contributed by atoms with Gasteiger partial charge in [0.2, 0.25) is 0 Å². The third-order valence-corrected chi connectivity index (χ3v) is 12.2. The fourth-order valence-electron chi connectivity index (χ4n) is 5.98. The number of carbonyl (C=O) groups is 1. The Bertz CT molecular complexity index is 872. The van der Waals surface area contributed by atoms with Crippen LogP contribution in [0.15, 0.2) is 60.7 Å². The lowest BCUT2D eigenvalue weighted by molar-refractivity contribution is -0.151. The van der Waals surface area contributed by atoms with Gasteiger partial charge in [0.15, 0.2) is 0 Å². The van der Waals surface area contributed by atoms with Gasteiger partial charge in [-0.3, -0.25) is 9.69 Å². The van der Waals surface area contributed by atoms with Crippen LogP contribution in [0.5, 0.6) is 0 Å². The smallest absolute Gasteiger partial charge is 0.326 e. The van der Waals surface area contributed by atoms with Crippen molar-refractivity contribution in [2.75, 3.05) is 20.2 Å². The van der Waals surface area contributed by atoms with Gasteiger partial charge in [-0.1, -0.05) is 88.4 Å². The number of ether oxygens (including phenoxy) is 1. The molecule has 2 aliphatic heterocycles. The molecule has 2 heterocycles. The van der Waals surface area contributed by atoms with E-state index < -0.39 is 13.9 Å². The SMILES string of the molecule is COC(=O)[C@@]12C[C@H](C)CN1C[C@H](O[Si](c1ccccc1)(c1ccccc1)C(C)(C)C)C2. The van der Waals surface area contributed by atoms with E-state index in [1.54, 1.807) is 0 Å². The minimum Gasteiger partial charge on any atom is -0.468 e. The standard InChI is InChI=1S/C26H35NO3Si/c1-20-16-26(24(28)29-5)17-21(19-27(26)18-20)30-31(25(2,3)4,22-12-8-6-9-13-22)23-14-10-7-11-15-23/h6-15,20-21H,16-19H2,1-5H3/t20-,21+,26-/m0/s1. The molecule has 5 heteroatoms. The van der Waals surface area contributed by atoms with Crippen molar-refractivity contribution in [3.05, 3.63) is 60.7 Å². The molecule has 2 saturated heterocycles.